The SMILES string of the molecule is CCNCCN(C)Cc1cccc(C)c1. The molecular weight excluding hydrogens is 184 g/mol. The molecule has 0 saturated carbocycles. The fourth-order valence-corrected chi connectivity index (χ4v) is 1.65. The van der Waals surface area contributed by atoms with Gasteiger partial charge in [0, 0.05) is 19.6 Å². The summed E-state index contributed by atoms with van der Waals surface area (Å²) in [4.78, 5) is 2.34. The molecule has 2 heteroatoms. The standard InChI is InChI=1S/C13H22N2/c1-4-14-8-9-15(3)11-13-7-5-6-12(2)10-13/h5-7,10,14H,4,8-9,11H2,1-3H3. The van der Waals surface area contributed by atoms with E-state index in [1.807, 2.05) is 0 Å². The highest BCUT2D eigenvalue weighted by atomic mass is 15.1. The second-order valence-corrected chi connectivity index (χ2v) is 4.08. The Morgan fingerprint density at radius 2 is 2.13 bits per heavy atom. The molecule has 0 aromatic heterocycles. The molecule has 0 aliphatic rings. The lowest BCUT2D eigenvalue weighted by Crippen LogP contribution is -2.28. The molecule has 0 heterocycles. The number of nitrogens with zero attached hydrogens (tertiary/aromatic N) is 1. The molecule has 0 radical (unpaired) electrons. The lowest BCUT2D eigenvalue weighted by atomic mass is 10.1. The summed E-state index contributed by atoms with van der Waals surface area (Å²) in [5, 5.41) is 3.33. The molecule has 1 rings (SSSR count). The highest BCUT2D eigenvalue weighted by Crippen LogP contribution is 2.05. The van der Waals surface area contributed by atoms with Crippen LogP contribution in [0.5, 0.6) is 0 Å². The Bertz CT molecular complexity index is 284. The second kappa shape index (κ2) is 6.59. The first kappa shape index (κ1) is 12.2. The van der Waals surface area contributed by atoms with E-state index < -0.39 is 0 Å². The lowest BCUT2D eigenvalue weighted by molar-refractivity contribution is 0.325. The van der Waals surface area contributed by atoms with Gasteiger partial charge in [0.1, 0.15) is 0 Å². The molecule has 0 aliphatic heterocycles. The first-order chi connectivity index (χ1) is 7.22. The smallest absolute Gasteiger partial charge is 0.0231 e. The quantitative estimate of drug-likeness (QED) is 0.717. The van der Waals surface area contributed by atoms with Gasteiger partial charge in [-0.05, 0) is 26.1 Å². The summed E-state index contributed by atoms with van der Waals surface area (Å²) in [6, 6.07) is 8.71. The van der Waals surface area contributed by atoms with Crippen LogP contribution in [0.25, 0.3) is 0 Å². The van der Waals surface area contributed by atoms with Crippen LogP contribution >= 0.6 is 0 Å². The van der Waals surface area contributed by atoms with Crippen LogP contribution < -0.4 is 5.32 Å². The third kappa shape index (κ3) is 4.96. The summed E-state index contributed by atoms with van der Waals surface area (Å²) in [5.41, 5.74) is 2.74. The first-order valence-corrected chi connectivity index (χ1v) is 5.67. The normalized spacial score (nSPS) is 10.9. The van der Waals surface area contributed by atoms with Crippen molar-refractivity contribution in [1.82, 2.24) is 10.2 Å². The van der Waals surface area contributed by atoms with Crippen LogP contribution in [-0.4, -0.2) is 31.6 Å². The van der Waals surface area contributed by atoms with Gasteiger partial charge in [0.15, 0.2) is 0 Å². The van der Waals surface area contributed by atoms with Gasteiger partial charge in [-0.3, -0.25) is 0 Å². The van der Waals surface area contributed by atoms with Crippen molar-refractivity contribution < 1.29 is 0 Å². The van der Waals surface area contributed by atoms with Gasteiger partial charge >= 0.3 is 0 Å². The van der Waals surface area contributed by atoms with Crippen molar-refractivity contribution in [2.75, 3.05) is 26.7 Å². The van der Waals surface area contributed by atoms with Crippen LogP contribution in [0.1, 0.15) is 18.1 Å². The monoisotopic (exact) mass is 206 g/mol. The third-order valence-corrected chi connectivity index (χ3v) is 2.46. The maximum absolute atomic E-state index is 3.33. The minimum atomic E-state index is 1.03. The predicted molar refractivity (Wildman–Crippen MR) is 66.1 cm³/mol. The summed E-state index contributed by atoms with van der Waals surface area (Å²) in [6.45, 7) is 8.54. The lowest BCUT2D eigenvalue weighted by Gasteiger charge is -2.16. The Kier molecular flexibility index (Phi) is 5.37. The topological polar surface area (TPSA) is 15.3 Å². The number of benzene rings is 1. The Morgan fingerprint density at radius 1 is 1.33 bits per heavy atom. The van der Waals surface area contributed by atoms with Crippen molar-refractivity contribution >= 4 is 0 Å². The van der Waals surface area contributed by atoms with Crippen LogP contribution in [0, 0.1) is 6.92 Å². The van der Waals surface area contributed by atoms with Gasteiger partial charge in [0.25, 0.3) is 0 Å². The minimum Gasteiger partial charge on any atom is -0.316 e. The second-order valence-electron chi connectivity index (χ2n) is 4.08. The van der Waals surface area contributed by atoms with E-state index in [4.69, 9.17) is 0 Å². The zero-order valence-corrected chi connectivity index (χ0v) is 10.1. The summed E-state index contributed by atoms with van der Waals surface area (Å²) in [6.07, 6.45) is 0. The van der Waals surface area contributed by atoms with Crippen molar-refractivity contribution in [3.63, 3.8) is 0 Å². The third-order valence-electron chi connectivity index (χ3n) is 2.46. The van der Waals surface area contributed by atoms with E-state index >= 15 is 0 Å². The van der Waals surface area contributed by atoms with Crippen molar-refractivity contribution in [3.05, 3.63) is 35.4 Å². The molecule has 15 heavy (non-hydrogen) atoms. The molecule has 0 spiro atoms. The molecule has 0 fully saturated rings. The molecule has 0 unspecified atom stereocenters. The average molecular weight is 206 g/mol. The van der Waals surface area contributed by atoms with Crippen LogP contribution in [0.4, 0.5) is 0 Å². The molecule has 0 atom stereocenters. The fourth-order valence-electron chi connectivity index (χ4n) is 1.65. The average Bonchev–Trinajstić information content (AvgIpc) is 2.18. The zero-order chi connectivity index (χ0) is 11.1. The molecule has 0 bridgehead atoms. The molecule has 1 N–H and O–H groups in total. The highest BCUT2D eigenvalue weighted by molar-refractivity contribution is 5.21. The van der Waals surface area contributed by atoms with Crippen LogP contribution in [-0.2, 0) is 6.54 Å². The molecule has 0 saturated heterocycles. The van der Waals surface area contributed by atoms with Crippen LogP contribution in [0.2, 0.25) is 0 Å². The van der Waals surface area contributed by atoms with Crippen LogP contribution in [0.15, 0.2) is 24.3 Å². The summed E-state index contributed by atoms with van der Waals surface area (Å²) in [7, 11) is 2.17. The van der Waals surface area contributed by atoms with Gasteiger partial charge in [0.2, 0.25) is 0 Å². The van der Waals surface area contributed by atoms with E-state index in [0.29, 0.717) is 0 Å². The summed E-state index contributed by atoms with van der Waals surface area (Å²) >= 11 is 0. The van der Waals surface area contributed by atoms with Gasteiger partial charge in [-0.15, -0.1) is 0 Å². The maximum Gasteiger partial charge on any atom is 0.0231 e. The number of aryl methyl sites for hydroxylation is 1. The first-order valence-electron chi connectivity index (χ1n) is 5.67. The van der Waals surface area contributed by atoms with Crippen molar-refractivity contribution in [1.29, 1.82) is 0 Å². The number of rotatable bonds is 6. The van der Waals surface area contributed by atoms with Gasteiger partial charge in [-0.25, -0.2) is 0 Å². The molecule has 2 nitrogen and oxygen atoms in total. The Morgan fingerprint density at radius 3 is 2.80 bits per heavy atom. The highest BCUT2D eigenvalue weighted by Gasteiger charge is 1.99. The Labute approximate surface area is 93.3 Å². The van der Waals surface area contributed by atoms with Gasteiger partial charge in [-0.2, -0.15) is 0 Å². The van der Waals surface area contributed by atoms with E-state index in [1.165, 1.54) is 11.1 Å². The van der Waals surface area contributed by atoms with Crippen LogP contribution in [0.3, 0.4) is 0 Å². The van der Waals surface area contributed by atoms with Gasteiger partial charge < -0.3 is 10.2 Å². The van der Waals surface area contributed by atoms with Crippen molar-refractivity contribution in [2.45, 2.75) is 20.4 Å². The number of nitrogens with one attached hydrogen (secondary N) is 1. The zero-order valence-electron chi connectivity index (χ0n) is 10.1. The fraction of sp³-hybridized carbons (Fsp3) is 0.538. The molecule has 84 valence electrons. The van der Waals surface area contributed by atoms with E-state index in [0.717, 1.165) is 26.2 Å². The summed E-state index contributed by atoms with van der Waals surface area (Å²) in [5.74, 6) is 0. The minimum absolute atomic E-state index is 1.03. The molecule has 0 amide bonds. The molecule has 1 aromatic carbocycles. The Balaban J connectivity index is 2.34. The number of hydrogen-bond acceptors (Lipinski definition) is 2. The van der Waals surface area contributed by atoms with E-state index in [2.05, 4.69) is 55.4 Å². The van der Waals surface area contributed by atoms with Crippen molar-refractivity contribution in [3.8, 4) is 0 Å². The predicted octanol–water partition coefficient (Wildman–Crippen LogP) is 2.04. The maximum atomic E-state index is 3.33. The number of hydrogen-bond donors (Lipinski definition) is 1. The van der Waals surface area contributed by atoms with E-state index in [-0.39, 0.29) is 0 Å². The van der Waals surface area contributed by atoms with Gasteiger partial charge in [-0.1, -0.05) is 36.8 Å². The Hall–Kier alpha value is -0.860. The molecule has 1 aromatic rings. The largest absolute Gasteiger partial charge is 0.316 e. The van der Waals surface area contributed by atoms with E-state index in [9.17, 15) is 0 Å². The van der Waals surface area contributed by atoms with Crippen molar-refractivity contribution in [2.24, 2.45) is 0 Å². The van der Waals surface area contributed by atoms with E-state index in [1.54, 1.807) is 0 Å². The molecule has 0 aliphatic carbocycles. The molecular formula is C13H22N2. The summed E-state index contributed by atoms with van der Waals surface area (Å²) < 4.78 is 0. The van der Waals surface area contributed by atoms with Gasteiger partial charge in [0.05, 0.1) is 0 Å². The number of likely N-dealkylation sites (N-methyl/N-ethyl adjacent to an activating group) is 2.